The normalized spacial score (nSPS) is 18.4. The number of hydrogen-bond acceptors (Lipinski definition) is 2. The topological polar surface area (TPSA) is 23.6 Å². The second-order valence-electron chi connectivity index (χ2n) is 8.06. The molecule has 2 fully saturated rings. The Labute approximate surface area is 163 Å². The molecule has 1 saturated carbocycles. The van der Waals surface area contributed by atoms with Gasteiger partial charge in [0.1, 0.15) is 0 Å². The minimum atomic E-state index is 0.325. The van der Waals surface area contributed by atoms with Crippen molar-refractivity contribution in [1.29, 1.82) is 0 Å². The van der Waals surface area contributed by atoms with Crippen molar-refractivity contribution in [3.63, 3.8) is 0 Å². The third kappa shape index (κ3) is 4.98. The van der Waals surface area contributed by atoms with Crippen LogP contribution in [0.3, 0.4) is 0 Å². The van der Waals surface area contributed by atoms with Crippen molar-refractivity contribution in [3.8, 4) is 0 Å². The van der Waals surface area contributed by atoms with E-state index in [2.05, 4.69) is 52.3 Å². The summed E-state index contributed by atoms with van der Waals surface area (Å²) < 4.78 is 0. The smallest absolute Gasteiger partial charge is 0.227 e. The largest absolute Gasteiger partial charge is 0.309 e. The highest BCUT2D eigenvalue weighted by Gasteiger charge is 2.32. The van der Waals surface area contributed by atoms with E-state index in [0.29, 0.717) is 17.9 Å². The lowest BCUT2D eigenvalue weighted by molar-refractivity contribution is -0.119. The fraction of sp³-hybridized carbons (Fsp3) is 0.458. The van der Waals surface area contributed by atoms with Gasteiger partial charge in [-0.25, -0.2) is 0 Å². The molecule has 1 heterocycles. The first-order chi connectivity index (χ1) is 13.3. The lowest BCUT2D eigenvalue weighted by atomic mass is 10.0. The van der Waals surface area contributed by atoms with E-state index in [1.807, 2.05) is 18.2 Å². The molecule has 0 bridgehead atoms. The van der Waals surface area contributed by atoms with Crippen molar-refractivity contribution in [2.24, 2.45) is 5.92 Å². The zero-order valence-electron chi connectivity index (χ0n) is 16.1. The van der Waals surface area contributed by atoms with Crippen LogP contribution in [0.15, 0.2) is 60.7 Å². The SMILES string of the molecule is O=C(CC1CC1)N(c1ccccc1)C1CCN(CCc2ccccc2)CC1. The third-order valence-electron chi connectivity index (χ3n) is 5.95. The first-order valence-electron chi connectivity index (χ1n) is 10.4. The number of carbonyl (C=O) groups is 1. The molecule has 2 aromatic carbocycles. The molecule has 1 aliphatic heterocycles. The Balaban J connectivity index is 1.35. The Hall–Kier alpha value is -2.13. The summed E-state index contributed by atoms with van der Waals surface area (Å²) in [5.41, 5.74) is 2.48. The van der Waals surface area contributed by atoms with E-state index in [4.69, 9.17) is 0 Å². The van der Waals surface area contributed by atoms with Gasteiger partial charge in [0.15, 0.2) is 0 Å². The maximum atomic E-state index is 13.0. The lowest BCUT2D eigenvalue weighted by Gasteiger charge is -2.38. The minimum absolute atomic E-state index is 0.325. The average Bonchev–Trinajstić information content (AvgIpc) is 3.53. The number of hydrogen-bond donors (Lipinski definition) is 0. The molecule has 0 atom stereocenters. The molecule has 0 unspecified atom stereocenters. The summed E-state index contributed by atoms with van der Waals surface area (Å²) >= 11 is 0. The molecule has 1 saturated heterocycles. The van der Waals surface area contributed by atoms with Gasteiger partial charge in [-0.05, 0) is 55.7 Å². The molecule has 1 aliphatic carbocycles. The van der Waals surface area contributed by atoms with Gasteiger partial charge in [-0.15, -0.1) is 0 Å². The van der Waals surface area contributed by atoms with E-state index in [1.54, 1.807) is 0 Å². The molecule has 0 spiro atoms. The fourth-order valence-electron chi connectivity index (χ4n) is 4.15. The van der Waals surface area contributed by atoms with Crippen LogP contribution in [-0.4, -0.2) is 36.5 Å². The molecule has 3 nitrogen and oxygen atoms in total. The van der Waals surface area contributed by atoms with Crippen LogP contribution >= 0.6 is 0 Å². The summed E-state index contributed by atoms with van der Waals surface area (Å²) in [5.74, 6) is 0.959. The molecule has 0 N–H and O–H groups in total. The monoisotopic (exact) mass is 362 g/mol. The van der Waals surface area contributed by atoms with Gasteiger partial charge in [0, 0.05) is 37.8 Å². The number of rotatable bonds is 7. The van der Waals surface area contributed by atoms with Crippen LogP contribution in [0.5, 0.6) is 0 Å². The number of amides is 1. The van der Waals surface area contributed by atoms with Crippen LogP contribution in [-0.2, 0) is 11.2 Å². The highest BCUT2D eigenvalue weighted by Crippen LogP contribution is 2.34. The summed E-state index contributed by atoms with van der Waals surface area (Å²) in [5, 5.41) is 0. The lowest BCUT2D eigenvalue weighted by Crippen LogP contribution is -2.48. The van der Waals surface area contributed by atoms with Crippen LogP contribution in [0.1, 0.15) is 37.7 Å². The molecule has 142 valence electrons. The van der Waals surface area contributed by atoms with Crippen molar-refractivity contribution in [2.45, 2.75) is 44.6 Å². The van der Waals surface area contributed by atoms with Gasteiger partial charge < -0.3 is 9.80 Å². The molecule has 0 radical (unpaired) electrons. The van der Waals surface area contributed by atoms with Crippen LogP contribution in [0.4, 0.5) is 5.69 Å². The molecule has 1 amide bonds. The van der Waals surface area contributed by atoms with E-state index in [9.17, 15) is 4.79 Å². The number of para-hydroxylation sites is 1. The van der Waals surface area contributed by atoms with Crippen molar-refractivity contribution >= 4 is 11.6 Å². The summed E-state index contributed by atoms with van der Waals surface area (Å²) in [7, 11) is 0. The van der Waals surface area contributed by atoms with Crippen LogP contribution in [0, 0.1) is 5.92 Å². The molecule has 2 aliphatic rings. The Kier molecular flexibility index (Phi) is 5.88. The summed E-state index contributed by atoms with van der Waals surface area (Å²) in [6.07, 6.45) is 6.43. The molecule has 27 heavy (non-hydrogen) atoms. The van der Waals surface area contributed by atoms with E-state index in [-0.39, 0.29) is 0 Å². The van der Waals surface area contributed by atoms with Crippen molar-refractivity contribution < 1.29 is 4.79 Å². The summed E-state index contributed by atoms with van der Waals surface area (Å²) in [6.45, 7) is 3.27. The number of anilines is 1. The maximum absolute atomic E-state index is 13.0. The second kappa shape index (κ2) is 8.71. The predicted octanol–water partition coefficient (Wildman–Crippen LogP) is 4.53. The zero-order chi connectivity index (χ0) is 18.5. The van der Waals surface area contributed by atoms with Crippen LogP contribution in [0.25, 0.3) is 0 Å². The van der Waals surface area contributed by atoms with Gasteiger partial charge in [-0.3, -0.25) is 4.79 Å². The predicted molar refractivity (Wildman–Crippen MR) is 111 cm³/mol. The Morgan fingerprint density at radius 1 is 0.889 bits per heavy atom. The van der Waals surface area contributed by atoms with Gasteiger partial charge in [0.05, 0.1) is 0 Å². The van der Waals surface area contributed by atoms with Gasteiger partial charge in [-0.2, -0.15) is 0 Å². The minimum Gasteiger partial charge on any atom is -0.309 e. The molecular formula is C24H30N2O. The van der Waals surface area contributed by atoms with Crippen molar-refractivity contribution in [2.75, 3.05) is 24.5 Å². The van der Waals surface area contributed by atoms with Crippen molar-refractivity contribution in [1.82, 2.24) is 4.90 Å². The van der Waals surface area contributed by atoms with Gasteiger partial charge in [0.2, 0.25) is 5.91 Å². The van der Waals surface area contributed by atoms with Crippen molar-refractivity contribution in [3.05, 3.63) is 66.2 Å². The van der Waals surface area contributed by atoms with E-state index in [1.165, 1.54) is 18.4 Å². The van der Waals surface area contributed by atoms with Gasteiger partial charge in [0.25, 0.3) is 0 Å². The number of nitrogens with zero attached hydrogens (tertiary/aromatic N) is 2. The molecule has 0 aromatic heterocycles. The second-order valence-corrected chi connectivity index (χ2v) is 8.06. The standard InChI is InChI=1S/C24H30N2O/c27-24(19-21-11-12-21)26(22-9-5-2-6-10-22)23-14-17-25(18-15-23)16-13-20-7-3-1-4-8-20/h1-10,21,23H,11-19H2. The molecule has 2 aromatic rings. The molecule has 4 rings (SSSR count). The van der Waals surface area contributed by atoms with Gasteiger partial charge >= 0.3 is 0 Å². The quantitative estimate of drug-likeness (QED) is 0.723. The summed E-state index contributed by atoms with van der Waals surface area (Å²) in [6, 6.07) is 21.4. The first-order valence-corrected chi connectivity index (χ1v) is 10.4. The number of benzene rings is 2. The Morgan fingerprint density at radius 3 is 2.15 bits per heavy atom. The number of carbonyl (C=O) groups excluding carboxylic acids is 1. The Bertz CT molecular complexity index is 719. The number of likely N-dealkylation sites (tertiary alicyclic amines) is 1. The van der Waals surface area contributed by atoms with Crippen LogP contribution in [0.2, 0.25) is 0 Å². The first kappa shape index (κ1) is 18.2. The van der Waals surface area contributed by atoms with E-state index in [0.717, 1.165) is 51.0 Å². The summed E-state index contributed by atoms with van der Waals surface area (Å²) in [4.78, 5) is 17.7. The molecule has 3 heteroatoms. The molecular weight excluding hydrogens is 332 g/mol. The third-order valence-corrected chi connectivity index (χ3v) is 5.95. The number of piperidine rings is 1. The maximum Gasteiger partial charge on any atom is 0.227 e. The van der Waals surface area contributed by atoms with Crippen LogP contribution < -0.4 is 4.90 Å². The highest BCUT2D eigenvalue weighted by atomic mass is 16.2. The van der Waals surface area contributed by atoms with E-state index >= 15 is 0 Å². The average molecular weight is 363 g/mol. The van der Waals surface area contributed by atoms with E-state index < -0.39 is 0 Å². The Morgan fingerprint density at radius 2 is 1.52 bits per heavy atom. The zero-order valence-corrected chi connectivity index (χ0v) is 16.1. The fourth-order valence-corrected chi connectivity index (χ4v) is 4.15. The van der Waals surface area contributed by atoms with Gasteiger partial charge in [-0.1, -0.05) is 48.5 Å². The highest BCUT2D eigenvalue weighted by molar-refractivity contribution is 5.94.